The third-order valence-corrected chi connectivity index (χ3v) is 5.24. The maximum Gasteiger partial charge on any atom is 0.232 e. The number of likely N-dealkylation sites (tertiary alicyclic amines) is 1. The average Bonchev–Trinajstić information content (AvgIpc) is 2.95. The zero-order valence-corrected chi connectivity index (χ0v) is 14.5. The summed E-state index contributed by atoms with van der Waals surface area (Å²) in [6.45, 7) is 3.50. The molecule has 1 saturated heterocycles. The van der Waals surface area contributed by atoms with Gasteiger partial charge >= 0.3 is 0 Å². The summed E-state index contributed by atoms with van der Waals surface area (Å²) >= 11 is 5.98. The summed E-state index contributed by atoms with van der Waals surface area (Å²) in [7, 11) is -3.47. The van der Waals surface area contributed by atoms with Crippen LogP contribution >= 0.6 is 11.6 Å². The Bertz CT molecular complexity index is 655. The van der Waals surface area contributed by atoms with E-state index < -0.39 is 10.0 Å². The fraction of sp³-hybridized carbons (Fsp3) is 0.533. The van der Waals surface area contributed by atoms with Crippen molar-refractivity contribution in [1.29, 1.82) is 0 Å². The SMILES string of the molecule is Cc1ccc(Cl)cc1N(CCC(=O)N1CCCC1)S(C)(=O)=O. The summed E-state index contributed by atoms with van der Waals surface area (Å²) in [6, 6.07) is 5.12. The number of carbonyl (C=O) groups is 1. The van der Waals surface area contributed by atoms with Gasteiger partial charge in [-0.1, -0.05) is 17.7 Å². The molecule has 1 aliphatic heterocycles. The predicted molar refractivity (Wildman–Crippen MR) is 88.8 cm³/mol. The first-order valence-electron chi connectivity index (χ1n) is 7.30. The second-order valence-corrected chi connectivity index (χ2v) is 7.95. The number of amides is 1. The zero-order chi connectivity index (χ0) is 16.3. The van der Waals surface area contributed by atoms with Crippen molar-refractivity contribution in [1.82, 2.24) is 4.90 Å². The lowest BCUT2D eigenvalue weighted by atomic mass is 10.2. The van der Waals surface area contributed by atoms with Crippen LogP contribution in [-0.4, -0.2) is 45.1 Å². The van der Waals surface area contributed by atoms with Crippen LogP contribution in [0.1, 0.15) is 24.8 Å². The van der Waals surface area contributed by atoms with Gasteiger partial charge in [0.2, 0.25) is 15.9 Å². The lowest BCUT2D eigenvalue weighted by molar-refractivity contribution is -0.129. The van der Waals surface area contributed by atoms with Gasteiger partial charge in [-0.25, -0.2) is 8.42 Å². The monoisotopic (exact) mass is 344 g/mol. The number of nitrogens with zero attached hydrogens (tertiary/aromatic N) is 2. The molecule has 1 aromatic rings. The van der Waals surface area contributed by atoms with Crippen LogP contribution in [0.3, 0.4) is 0 Å². The first kappa shape index (κ1) is 17.1. The van der Waals surface area contributed by atoms with Gasteiger partial charge in [-0.2, -0.15) is 0 Å². The van der Waals surface area contributed by atoms with E-state index in [1.807, 2.05) is 6.92 Å². The average molecular weight is 345 g/mol. The van der Waals surface area contributed by atoms with Crippen molar-refractivity contribution in [2.75, 3.05) is 30.2 Å². The van der Waals surface area contributed by atoms with Crippen LogP contribution in [0.4, 0.5) is 5.69 Å². The number of benzene rings is 1. The Hall–Kier alpha value is -1.27. The Balaban J connectivity index is 2.17. The van der Waals surface area contributed by atoms with E-state index in [1.165, 1.54) is 4.31 Å². The standard InChI is InChI=1S/C15H21ClN2O3S/c1-12-5-6-13(16)11-14(12)18(22(2,20)21)10-7-15(19)17-8-3-4-9-17/h5-6,11H,3-4,7-10H2,1-2H3. The Labute approximate surface area is 136 Å². The highest BCUT2D eigenvalue weighted by molar-refractivity contribution is 7.92. The van der Waals surface area contributed by atoms with Crippen LogP contribution in [0.2, 0.25) is 5.02 Å². The number of hydrogen-bond acceptors (Lipinski definition) is 3. The molecule has 22 heavy (non-hydrogen) atoms. The van der Waals surface area contributed by atoms with Crippen molar-refractivity contribution < 1.29 is 13.2 Å². The lowest BCUT2D eigenvalue weighted by Crippen LogP contribution is -2.36. The van der Waals surface area contributed by atoms with E-state index in [0.29, 0.717) is 10.7 Å². The number of halogens is 1. The van der Waals surface area contributed by atoms with Gasteiger partial charge in [0.05, 0.1) is 11.9 Å². The summed E-state index contributed by atoms with van der Waals surface area (Å²) in [4.78, 5) is 13.9. The molecule has 1 fully saturated rings. The quantitative estimate of drug-likeness (QED) is 0.824. The van der Waals surface area contributed by atoms with E-state index >= 15 is 0 Å². The van der Waals surface area contributed by atoms with Crippen molar-refractivity contribution in [2.24, 2.45) is 0 Å². The minimum absolute atomic E-state index is 0.00540. The minimum Gasteiger partial charge on any atom is -0.343 e. The van der Waals surface area contributed by atoms with Crippen LogP contribution in [-0.2, 0) is 14.8 Å². The second-order valence-electron chi connectivity index (χ2n) is 5.60. The molecule has 0 N–H and O–H groups in total. The molecule has 5 nitrogen and oxygen atoms in total. The summed E-state index contributed by atoms with van der Waals surface area (Å²) in [5.74, 6) is 0.00540. The van der Waals surface area contributed by atoms with E-state index in [4.69, 9.17) is 11.6 Å². The number of sulfonamides is 1. The van der Waals surface area contributed by atoms with Crippen LogP contribution in [0.25, 0.3) is 0 Å². The largest absolute Gasteiger partial charge is 0.343 e. The zero-order valence-electron chi connectivity index (χ0n) is 12.9. The molecule has 0 unspecified atom stereocenters. The molecule has 1 aliphatic rings. The van der Waals surface area contributed by atoms with Gasteiger partial charge in [0.1, 0.15) is 0 Å². The molecule has 1 amide bonds. The maximum absolute atomic E-state index is 12.1. The van der Waals surface area contributed by atoms with Crippen LogP contribution in [0, 0.1) is 6.92 Å². The predicted octanol–water partition coefficient (Wildman–Crippen LogP) is 2.43. The van der Waals surface area contributed by atoms with Gasteiger partial charge in [0.25, 0.3) is 0 Å². The Kier molecular flexibility index (Phi) is 5.34. The summed E-state index contributed by atoms with van der Waals surface area (Å²) in [6.07, 6.45) is 3.37. The molecule has 0 bridgehead atoms. The highest BCUT2D eigenvalue weighted by Gasteiger charge is 2.23. The molecule has 7 heteroatoms. The summed E-state index contributed by atoms with van der Waals surface area (Å²) < 4.78 is 25.4. The van der Waals surface area contributed by atoms with Gasteiger partial charge in [0.15, 0.2) is 0 Å². The van der Waals surface area contributed by atoms with Gasteiger partial charge in [-0.3, -0.25) is 9.10 Å². The minimum atomic E-state index is -3.47. The smallest absolute Gasteiger partial charge is 0.232 e. The molecule has 0 saturated carbocycles. The Morgan fingerprint density at radius 1 is 1.32 bits per heavy atom. The van der Waals surface area contributed by atoms with E-state index in [0.717, 1.165) is 37.8 Å². The Morgan fingerprint density at radius 3 is 2.55 bits per heavy atom. The highest BCUT2D eigenvalue weighted by atomic mass is 35.5. The molecule has 2 rings (SSSR count). The van der Waals surface area contributed by atoms with E-state index in [9.17, 15) is 13.2 Å². The molecule has 1 aromatic carbocycles. The summed E-state index contributed by atoms with van der Waals surface area (Å²) in [5.41, 5.74) is 1.34. The lowest BCUT2D eigenvalue weighted by Gasteiger charge is -2.25. The van der Waals surface area contributed by atoms with Gasteiger partial charge in [-0.05, 0) is 37.5 Å². The fourth-order valence-electron chi connectivity index (χ4n) is 2.64. The summed E-state index contributed by atoms with van der Waals surface area (Å²) in [5, 5.41) is 0.472. The van der Waals surface area contributed by atoms with Crippen molar-refractivity contribution >= 4 is 33.2 Å². The normalized spacial score (nSPS) is 15.1. The molecule has 122 valence electrons. The van der Waals surface area contributed by atoms with Crippen molar-refractivity contribution in [3.05, 3.63) is 28.8 Å². The molecular formula is C15H21ClN2O3S. The van der Waals surface area contributed by atoms with Gasteiger partial charge in [0, 0.05) is 31.1 Å². The molecule has 0 aliphatic carbocycles. The number of rotatable bonds is 5. The second kappa shape index (κ2) is 6.87. The third kappa shape index (κ3) is 4.14. The van der Waals surface area contributed by atoms with E-state index in [-0.39, 0.29) is 18.9 Å². The molecule has 0 aromatic heterocycles. The molecular weight excluding hydrogens is 324 g/mol. The first-order valence-corrected chi connectivity index (χ1v) is 9.53. The molecule has 1 heterocycles. The number of carbonyl (C=O) groups excluding carboxylic acids is 1. The number of aryl methyl sites for hydroxylation is 1. The van der Waals surface area contributed by atoms with Crippen LogP contribution in [0.5, 0.6) is 0 Å². The first-order chi connectivity index (χ1) is 10.3. The topological polar surface area (TPSA) is 57.7 Å². The highest BCUT2D eigenvalue weighted by Crippen LogP contribution is 2.26. The van der Waals surface area contributed by atoms with E-state index in [2.05, 4.69) is 0 Å². The Morgan fingerprint density at radius 2 is 1.95 bits per heavy atom. The fourth-order valence-corrected chi connectivity index (χ4v) is 3.78. The molecule has 0 atom stereocenters. The van der Waals surface area contributed by atoms with Crippen molar-refractivity contribution in [2.45, 2.75) is 26.2 Å². The van der Waals surface area contributed by atoms with E-state index in [1.54, 1.807) is 23.1 Å². The molecule has 0 radical (unpaired) electrons. The third-order valence-electron chi connectivity index (χ3n) is 3.83. The van der Waals surface area contributed by atoms with Gasteiger partial charge < -0.3 is 4.90 Å². The van der Waals surface area contributed by atoms with Crippen LogP contribution in [0.15, 0.2) is 18.2 Å². The molecule has 0 spiro atoms. The number of hydrogen-bond donors (Lipinski definition) is 0. The van der Waals surface area contributed by atoms with Crippen molar-refractivity contribution in [3.63, 3.8) is 0 Å². The maximum atomic E-state index is 12.1. The number of anilines is 1. The van der Waals surface area contributed by atoms with Gasteiger partial charge in [-0.15, -0.1) is 0 Å². The van der Waals surface area contributed by atoms with Crippen molar-refractivity contribution in [3.8, 4) is 0 Å². The van der Waals surface area contributed by atoms with Crippen LogP contribution < -0.4 is 4.31 Å².